The van der Waals surface area contributed by atoms with Gasteiger partial charge in [0.1, 0.15) is 11.4 Å². The number of aromatic nitrogens is 7. The predicted molar refractivity (Wildman–Crippen MR) is 181 cm³/mol. The van der Waals surface area contributed by atoms with Crippen molar-refractivity contribution in [3.63, 3.8) is 0 Å². The molecule has 0 unspecified atom stereocenters. The Balaban J connectivity index is 1.18. The van der Waals surface area contributed by atoms with E-state index in [9.17, 15) is 0 Å². The average Bonchev–Trinajstić information content (AvgIpc) is 3.15. The zero-order valence-corrected chi connectivity index (χ0v) is 24.6. The summed E-state index contributed by atoms with van der Waals surface area (Å²) >= 11 is 0. The van der Waals surface area contributed by atoms with Gasteiger partial charge in [0.15, 0.2) is 17.5 Å². The van der Waals surface area contributed by atoms with Crippen molar-refractivity contribution in [3.8, 4) is 67.9 Å². The molecule has 4 aromatic carbocycles. The molecule has 216 valence electrons. The number of benzene rings is 4. The third-order valence-electron chi connectivity index (χ3n) is 7.68. The molecule has 0 atom stereocenters. The van der Waals surface area contributed by atoms with Crippen molar-refractivity contribution in [1.29, 1.82) is 0 Å². The number of fused-ring (bicyclic) bond motifs is 1. The van der Waals surface area contributed by atoms with Crippen LogP contribution in [0.2, 0.25) is 0 Å². The summed E-state index contributed by atoms with van der Waals surface area (Å²) in [5, 5.41) is 0. The first-order valence-electron chi connectivity index (χ1n) is 14.9. The predicted octanol–water partition coefficient (Wildman–Crippen LogP) is 8.61. The summed E-state index contributed by atoms with van der Waals surface area (Å²) in [7, 11) is 0. The summed E-state index contributed by atoms with van der Waals surface area (Å²) in [6.45, 7) is 0. The van der Waals surface area contributed by atoms with Crippen LogP contribution in [0.5, 0.6) is 0 Å². The summed E-state index contributed by atoms with van der Waals surface area (Å²) in [5.41, 5.74) is 9.55. The van der Waals surface area contributed by atoms with Gasteiger partial charge in [-0.1, -0.05) is 97.1 Å². The van der Waals surface area contributed by atoms with E-state index >= 15 is 0 Å². The molecule has 0 N–H and O–H groups in total. The second kappa shape index (κ2) is 11.9. The van der Waals surface area contributed by atoms with Crippen LogP contribution in [-0.2, 0) is 0 Å². The highest BCUT2D eigenvalue weighted by molar-refractivity contribution is 5.88. The Labute approximate surface area is 265 Å². The van der Waals surface area contributed by atoms with Gasteiger partial charge in [-0.3, -0.25) is 9.97 Å². The van der Waals surface area contributed by atoms with Crippen LogP contribution in [-0.4, -0.2) is 34.9 Å². The molecule has 0 spiro atoms. The third kappa shape index (κ3) is 5.37. The summed E-state index contributed by atoms with van der Waals surface area (Å²) in [5.74, 6) is 1.89. The standard InChI is InChI=1S/C39H25N7/c1-3-10-27(11-4-1)37-44-38(28-12-5-2-6-13-28)46-39(45-37)29-18-16-26(17-19-29)30-20-21-32-34(24-30)43-36(33-15-7-8-23-41-33)35(42-32)31-14-9-22-40-25-31/h1-25H. The van der Waals surface area contributed by atoms with E-state index in [2.05, 4.69) is 46.4 Å². The van der Waals surface area contributed by atoms with Crippen molar-refractivity contribution in [2.45, 2.75) is 0 Å². The van der Waals surface area contributed by atoms with Crippen LogP contribution < -0.4 is 0 Å². The Morgan fingerprint density at radius 3 is 1.52 bits per heavy atom. The summed E-state index contributed by atoms with van der Waals surface area (Å²) < 4.78 is 0. The molecule has 4 aromatic heterocycles. The maximum Gasteiger partial charge on any atom is 0.164 e. The van der Waals surface area contributed by atoms with Gasteiger partial charge in [0.25, 0.3) is 0 Å². The van der Waals surface area contributed by atoms with Gasteiger partial charge in [0, 0.05) is 40.8 Å². The monoisotopic (exact) mass is 591 g/mol. The number of hydrogen-bond donors (Lipinski definition) is 0. The first-order chi connectivity index (χ1) is 22.8. The molecular weight excluding hydrogens is 566 g/mol. The SMILES string of the molecule is c1ccc(-c2nc(-c3ccccc3)nc(-c3ccc(-c4ccc5nc(-c6cccnc6)c(-c6ccccn6)nc5c4)cc3)n2)cc1. The molecule has 7 heteroatoms. The fourth-order valence-corrected chi connectivity index (χ4v) is 5.37. The maximum atomic E-state index is 5.07. The lowest BCUT2D eigenvalue weighted by atomic mass is 10.0. The molecule has 46 heavy (non-hydrogen) atoms. The lowest BCUT2D eigenvalue weighted by Crippen LogP contribution is -2.00. The van der Waals surface area contributed by atoms with Crippen LogP contribution in [0.4, 0.5) is 0 Å². The van der Waals surface area contributed by atoms with Gasteiger partial charge >= 0.3 is 0 Å². The number of nitrogens with zero attached hydrogens (tertiary/aromatic N) is 7. The molecule has 0 aliphatic rings. The molecule has 7 nitrogen and oxygen atoms in total. The van der Waals surface area contributed by atoms with Gasteiger partial charge in [-0.25, -0.2) is 24.9 Å². The van der Waals surface area contributed by atoms with E-state index in [0.717, 1.165) is 55.8 Å². The highest BCUT2D eigenvalue weighted by atomic mass is 15.0. The fraction of sp³-hybridized carbons (Fsp3) is 0. The van der Waals surface area contributed by atoms with E-state index < -0.39 is 0 Å². The van der Waals surface area contributed by atoms with Crippen LogP contribution in [0.1, 0.15) is 0 Å². The van der Waals surface area contributed by atoms with E-state index in [-0.39, 0.29) is 0 Å². The highest BCUT2D eigenvalue weighted by Crippen LogP contribution is 2.32. The molecule has 0 fully saturated rings. The lowest BCUT2D eigenvalue weighted by Gasteiger charge is -2.11. The number of rotatable bonds is 6. The maximum absolute atomic E-state index is 5.07. The number of pyridine rings is 2. The summed E-state index contributed by atoms with van der Waals surface area (Å²) in [4.78, 5) is 33.5. The molecule has 8 rings (SSSR count). The van der Waals surface area contributed by atoms with Crippen LogP contribution >= 0.6 is 0 Å². The Bertz CT molecular complexity index is 2220. The van der Waals surface area contributed by atoms with E-state index in [1.165, 1.54) is 0 Å². The smallest absolute Gasteiger partial charge is 0.164 e. The van der Waals surface area contributed by atoms with Crippen molar-refractivity contribution < 1.29 is 0 Å². The van der Waals surface area contributed by atoms with Crippen molar-refractivity contribution in [1.82, 2.24) is 34.9 Å². The molecule has 8 aromatic rings. The summed E-state index contributed by atoms with van der Waals surface area (Å²) in [6.07, 6.45) is 5.32. The lowest BCUT2D eigenvalue weighted by molar-refractivity contribution is 1.07. The molecule has 0 radical (unpaired) electrons. The molecule has 0 aliphatic carbocycles. The first-order valence-corrected chi connectivity index (χ1v) is 14.9. The zero-order valence-electron chi connectivity index (χ0n) is 24.6. The highest BCUT2D eigenvalue weighted by Gasteiger charge is 2.16. The molecule has 0 bridgehead atoms. The minimum atomic E-state index is 0.617. The van der Waals surface area contributed by atoms with Gasteiger partial charge in [0.2, 0.25) is 0 Å². The van der Waals surface area contributed by atoms with Crippen molar-refractivity contribution in [2.75, 3.05) is 0 Å². The Hall–Kier alpha value is -6.47. The summed E-state index contributed by atoms with van der Waals surface area (Å²) in [6, 6.07) is 44.1. The topological polar surface area (TPSA) is 90.2 Å². The molecule has 0 saturated carbocycles. The molecule has 4 heterocycles. The fourth-order valence-electron chi connectivity index (χ4n) is 5.37. The van der Waals surface area contributed by atoms with Crippen molar-refractivity contribution >= 4 is 11.0 Å². The minimum Gasteiger partial charge on any atom is -0.264 e. The van der Waals surface area contributed by atoms with E-state index in [1.807, 2.05) is 97.1 Å². The van der Waals surface area contributed by atoms with Gasteiger partial charge in [-0.15, -0.1) is 0 Å². The van der Waals surface area contributed by atoms with Crippen LogP contribution in [0.3, 0.4) is 0 Å². The minimum absolute atomic E-state index is 0.617. The van der Waals surface area contributed by atoms with E-state index in [1.54, 1.807) is 18.6 Å². The van der Waals surface area contributed by atoms with Gasteiger partial charge in [-0.05, 0) is 47.5 Å². The average molecular weight is 592 g/mol. The third-order valence-corrected chi connectivity index (χ3v) is 7.68. The largest absolute Gasteiger partial charge is 0.264 e. The first kappa shape index (κ1) is 27.1. The van der Waals surface area contributed by atoms with Gasteiger partial charge in [-0.2, -0.15) is 0 Å². The normalized spacial score (nSPS) is 11.0. The van der Waals surface area contributed by atoms with Crippen LogP contribution in [0.25, 0.3) is 79.0 Å². The Kier molecular flexibility index (Phi) is 7.01. The quantitative estimate of drug-likeness (QED) is 0.191. The van der Waals surface area contributed by atoms with Crippen LogP contribution in [0.15, 0.2) is 152 Å². The van der Waals surface area contributed by atoms with E-state index in [4.69, 9.17) is 24.9 Å². The van der Waals surface area contributed by atoms with E-state index in [0.29, 0.717) is 23.2 Å². The van der Waals surface area contributed by atoms with Crippen molar-refractivity contribution in [2.24, 2.45) is 0 Å². The van der Waals surface area contributed by atoms with Crippen LogP contribution in [0, 0.1) is 0 Å². The van der Waals surface area contributed by atoms with Crippen molar-refractivity contribution in [3.05, 3.63) is 152 Å². The Morgan fingerprint density at radius 1 is 0.348 bits per heavy atom. The second-order valence-corrected chi connectivity index (χ2v) is 10.7. The Morgan fingerprint density at radius 2 is 0.913 bits per heavy atom. The molecule has 0 amide bonds. The molecule has 0 saturated heterocycles. The van der Waals surface area contributed by atoms with Gasteiger partial charge < -0.3 is 0 Å². The zero-order chi connectivity index (χ0) is 30.7. The number of hydrogen-bond acceptors (Lipinski definition) is 7. The molecule has 0 aliphatic heterocycles. The molecular formula is C39H25N7. The second-order valence-electron chi connectivity index (χ2n) is 10.7. The van der Waals surface area contributed by atoms with Gasteiger partial charge in [0.05, 0.1) is 16.7 Å².